The first-order valence-corrected chi connectivity index (χ1v) is 6.64. The van der Waals surface area contributed by atoms with Crippen LogP contribution >= 0.6 is 11.3 Å². The van der Waals surface area contributed by atoms with E-state index in [2.05, 4.69) is 31.1 Å². The summed E-state index contributed by atoms with van der Waals surface area (Å²) < 4.78 is 0. The van der Waals surface area contributed by atoms with Gasteiger partial charge in [-0.25, -0.2) is 4.98 Å². The molecule has 84 valence electrons. The van der Waals surface area contributed by atoms with Crippen LogP contribution in [0.2, 0.25) is 0 Å². The van der Waals surface area contributed by atoms with Crippen LogP contribution in [0.4, 0.5) is 0 Å². The Kier molecular flexibility index (Phi) is 3.42. The molecule has 1 heterocycles. The molecular formula is C12H20N2S. The van der Waals surface area contributed by atoms with Crippen LogP contribution in [0, 0.1) is 5.92 Å². The van der Waals surface area contributed by atoms with Crippen molar-refractivity contribution in [2.45, 2.75) is 52.1 Å². The molecule has 1 aliphatic rings. The Hall–Kier alpha value is -0.410. The van der Waals surface area contributed by atoms with Crippen LogP contribution in [0.5, 0.6) is 0 Å². The van der Waals surface area contributed by atoms with Crippen LogP contribution in [-0.4, -0.2) is 11.0 Å². The Morgan fingerprint density at radius 3 is 2.80 bits per heavy atom. The summed E-state index contributed by atoms with van der Waals surface area (Å²) in [5.41, 5.74) is 0. The van der Waals surface area contributed by atoms with Crippen LogP contribution in [0.3, 0.4) is 0 Å². The van der Waals surface area contributed by atoms with Gasteiger partial charge in [-0.1, -0.05) is 20.8 Å². The second kappa shape index (κ2) is 4.62. The van der Waals surface area contributed by atoms with Gasteiger partial charge in [0.25, 0.3) is 0 Å². The molecule has 0 spiro atoms. The van der Waals surface area contributed by atoms with Crippen molar-refractivity contribution in [2.24, 2.45) is 5.92 Å². The zero-order valence-electron chi connectivity index (χ0n) is 9.79. The molecule has 0 aliphatic heterocycles. The highest BCUT2D eigenvalue weighted by atomic mass is 32.1. The van der Waals surface area contributed by atoms with Gasteiger partial charge in [0, 0.05) is 29.6 Å². The number of thiazole rings is 1. The smallest absolute Gasteiger partial charge is 0.0953 e. The molecule has 2 rings (SSSR count). The quantitative estimate of drug-likeness (QED) is 0.850. The topological polar surface area (TPSA) is 24.9 Å². The summed E-state index contributed by atoms with van der Waals surface area (Å²) in [5.74, 6) is 1.49. The molecule has 1 aromatic heterocycles. The van der Waals surface area contributed by atoms with Gasteiger partial charge in [0.05, 0.1) is 5.01 Å². The molecule has 0 unspecified atom stereocenters. The average molecular weight is 224 g/mol. The maximum atomic E-state index is 4.43. The van der Waals surface area contributed by atoms with E-state index in [4.69, 9.17) is 0 Å². The van der Waals surface area contributed by atoms with E-state index in [1.807, 2.05) is 17.5 Å². The highest BCUT2D eigenvalue weighted by Gasteiger charge is 2.24. The summed E-state index contributed by atoms with van der Waals surface area (Å²) in [6.07, 6.45) is 4.71. The third-order valence-corrected chi connectivity index (χ3v) is 4.30. The first kappa shape index (κ1) is 11.1. The molecule has 0 radical (unpaired) electrons. The highest BCUT2D eigenvalue weighted by molar-refractivity contribution is 7.11. The zero-order chi connectivity index (χ0) is 10.8. The van der Waals surface area contributed by atoms with Crippen molar-refractivity contribution < 1.29 is 0 Å². The van der Waals surface area contributed by atoms with Gasteiger partial charge in [0.2, 0.25) is 0 Å². The minimum absolute atomic E-state index is 0.562. The monoisotopic (exact) mass is 224 g/mol. The predicted molar refractivity (Wildman–Crippen MR) is 65.2 cm³/mol. The van der Waals surface area contributed by atoms with Gasteiger partial charge >= 0.3 is 0 Å². The van der Waals surface area contributed by atoms with Crippen molar-refractivity contribution in [3.63, 3.8) is 0 Å². The van der Waals surface area contributed by atoms with Crippen molar-refractivity contribution in [3.05, 3.63) is 16.1 Å². The van der Waals surface area contributed by atoms with Crippen molar-refractivity contribution in [3.8, 4) is 0 Å². The molecule has 0 amide bonds. The Morgan fingerprint density at radius 2 is 2.27 bits per heavy atom. The van der Waals surface area contributed by atoms with Crippen molar-refractivity contribution in [1.82, 2.24) is 10.3 Å². The second-order valence-electron chi connectivity index (χ2n) is 4.97. The lowest BCUT2D eigenvalue weighted by molar-refractivity contribution is 0.241. The van der Waals surface area contributed by atoms with E-state index >= 15 is 0 Å². The van der Waals surface area contributed by atoms with E-state index in [1.54, 1.807) is 0 Å². The molecule has 15 heavy (non-hydrogen) atoms. The summed E-state index contributed by atoms with van der Waals surface area (Å²) in [5, 5.41) is 4.85. The van der Waals surface area contributed by atoms with E-state index in [0.717, 1.165) is 18.5 Å². The maximum absolute atomic E-state index is 4.43. The van der Waals surface area contributed by atoms with Gasteiger partial charge in [-0.05, 0) is 18.8 Å². The Bertz CT molecular complexity index is 313. The van der Waals surface area contributed by atoms with E-state index in [-0.39, 0.29) is 0 Å². The maximum Gasteiger partial charge on any atom is 0.0953 e. The number of rotatable bonds is 4. The van der Waals surface area contributed by atoms with Crippen molar-refractivity contribution >= 4 is 11.3 Å². The number of nitrogens with one attached hydrogen (secondary N) is 1. The lowest BCUT2D eigenvalue weighted by Gasteiger charge is -2.33. The molecule has 1 N–H and O–H groups in total. The fourth-order valence-corrected chi connectivity index (χ4v) is 2.86. The van der Waals surface area contributed by atoms with Gasteiger partial charge in [-0.3, -0.25) is 0 Å². The largest absolute Gasteiger partial charge is 0.309 e. The third-order valence-electron chi connectivity index (χ3n) is 3.00. The van der Waals surface area contributed by atoms with Crippen LogP contribution in [0.25, 0.3) is 0 Å². The van der Waals surface area contributed by atoms with Crippen LogP contribution in [0.15, 0.2) is 6.20 Å². The SMILES string of the molecule is CC1CC(NCc2cnc(C(C)C)s2)C1. The van der Waals surface area contributed by atoms with Crippen molar-refractivity contribution in [1.29, 1.82) is 0 Å². The number of aromatic nitrogens is 1. The van der Waals surface area contributed by atoms with E-state index < -0.39 is 0 Å². The van der Waals surface area contributed by atoms with Gasteiger partial charge in [0.1, 0.15) is 0 Å². The van der Waals surface area contributed by atoms with Gasteiger partial charge in [-0.2, -0.15) is 0 Å². The number of hydrogen-bond acceptors (Lipinski definition) is 3. The lowest BCUT2D eigenvalue weighted by Crippen LogP contribution is -2.39. The number of nitrogens with zero attached hydrogens (tertiary/aromatic N) is 1. The summed E-state index contributed by atoms with van der Waals surface area (Å²) in [7, 11) is 0. The summed E-state index contributed by atoms with van der Waals surface area (Å²) in [6, 6.07) is 0.754. The van der Waals surface area contributed by atoms with Gasteiger partial charge in [0.15, 0.2) is 0 Å². The highest BCUT2D eigenvalue weighted by Crippen LogP contribution is 2.27. The van der Waals surface area contributed by atoms with Crippen LogP contribution in [-0.2, 0) is 6.54 Å². The Balaban J connectivity index is 1.78. The fraction of sp³-hybridized carbons (Fsp3) is 0.750. The predicted octanol–water partition coefficient (Wildman–Crippen LogP) is 3.15. The fourth-order valence-electron chi connectivity index (χ4n) is 1.99. The van der Waals surface area contributed by atoms with E-state index in [0.29, 0.717) is 5.92 Å². The molecule has 1 fully saturated rings. The van der Waals surface area contributed by atoms with Crippen LogP contribution in [0.1, 0.15) is 49.4 Å². The summed E-state index contributed by atoms with van der Waals surface area (Å²) >= 11 is 1.84. The molecule has 3 heteroatoms. The second-order valence-corrected chi connectivity index (χ2v) is 6.12. The lowest BCUT2D eigenvalue weighted by atomic mass is 9.82. The Morgan fingerprint density at radius 1 is 1.53 bits per heavy atom. The molecule has 2 nitrogen and oxygen atoms in total. The molecule has 0 bridgehead atoms. The Labute approximate surface area is 96.1 Å². The normalized spacial score (nSPS) is 25.6. The molecule has 1 aromatic rings. The minimum Gasteiger partial charge on any atom is -0.309 e. The zero-order valence-corrected chi connectivity index (χ0v) is 10.6. The van der Waals surface area contributed by atoms with Gasteiger partial charge in [-0.15, -0.1) is 11.3 Å². The first-order valence-electron chi connectivity index (χ1n) is 5.83. The molecule has 1 aliphatic carbocycles. The molecular weight excluding hydrogens is 204 g/mol. The van der Waals surface area contributed by atoms with Gasteiger partial charge < -0.3 is 5.32 Å². The molecule has 0 aromatic carbocycles. The third kappa shape index (κ3) is 2.79. The van der Waals surface area contributed by atoms with Crippen molar-refractivity contribution in [2.75, 3.05) is 0 Å². The average Bonchev–Trinajstić information content (AvgIpc) is 2.59. The first-order chi connectivity index (χ1) is 7.15. The molecule has 1 saturated carbocycles. The summed E-state index contributed by atoms with van der Waals surface area (Å²) in [6.45, 7) is 7.72. The molecule has 0 atom stereocenters. The van der Waals surface area contributed by atoms with E-state index in [9.17, 15) is 0 Å². The summed E-state index contributed by atoms with van der Waals surface area (Å²) in [4.78, 5) is 5.80. The minimum atomic E-state index is 0.562. The standard InChI is InChI=1S/C12H20N2S/c1-8(2)12-14-7-11(15-12)6-13-10-4-9(3)5-10/h7-10,13H,4-6H2,1-3H3. The van der Waals surface area contributed by atoms with Crippen LogP contribution < -0.4 is 5.32 Å². The van der Waals surface area contributed by atoms with E-state index in [1.165, 1.54) is 22.7 Å². The molecule has 0 saturated heterocycles. The number of hydrogen-bond donors (Lipinski definition) is 1.